The summed E-state index contributed by atoms with van der Waals surface area (Å²) in [6.07, 6.45) is 6.38. The molecule has 0 atom stereocenters. The molecule has 5 heteroatoms. The average molecular weight is 553 g/mol. The van der Waals surface area contributed by atoms with Crippen LogP contribution in [-0.2, 0) is 9.47 Å². The molecule has 3 aromatic carbocycles. The van der Waals surface area contributed by atoms with Crippen molar-refractivity contribution in [2.24, 2.45) is 5.92 Å². The maximum atomic E-state index is 12.6. The molecule has 5 nitrogen and oxygen atoms in total. The first-order valence-electron chi connectivity index (χ1n) is 15.0. The molecule has 216 valence electrons. The molecule has 0 spiro atoms. The number of amides is 1. The first kappa shape index (κ1) is 28.9. The van der Waals surface area contributed by atoms with E-state index in [1.165, 1.54) is 44.6 Å². The van der Waals surface area contributed by atoms with Crippen LogP contribution >= 0.6 is 0 Å². The molecular weight excluding hydrogens is 508 g/mol. The number of nitrogens with zero attached hydrogens (tertiary/aromatic N) is 2. The number of morpholine rings is 1. The molecule has 0 aliphatic carbocycles. The summed E-state index contributed by atoms with van der Waals surface area (Å²) in [4.78, 5) is 16.9. The van der Waals surface area contributed by atoms with Gasteiger partial charge in [0.05, 0.1) is 13.2 Å². The van der Waals surface area contributed by atoms with E-state index in [1.807, 2.05) is 25.7 Å². The van der Waals surface area contributed by atoms with Gasteiger partial charge in [-0.25, -0.2) is 4.79 Å². The lowest BCUT2D eigenvalue weighted by Gasteiger charge is -2.32. The number of ether oxygens (including phenoxy) is 2. The molecule has 2 aliphatic rings. The molecule has 41 heavy (non-hydrogen) atoms. The van der Waals surface area contributed by atoms with E-state index in [0.29, 0.717) is 5.92 Å². The van der Waals surface area contributed by atoms with Crippen LogP contribution in [0.5, 0.6) is 0 Å². The Hall–Kier alpha value is -3.57. The highest BCUT2D eigenvalue weighted by Crippen LogP contribution is 2.40. The zero-order valence-corrected chi connectivity index (χ0v) is 25.3. The summed E-state index contributed by atoms with van der Waals surface area (Å²) >= 11 is 0. The molecule has 0 bridgehead atoms. The zero-order chi connectivity index (χ0) is 29.0. The highest BCUT2D eigenvalue weighted by molar-refractivity contribution is 5.91. The van der Waals surface area contributed by atoms with Crippen molar-refractivity contribution in [1.82, 2.24) is 4.90 Å². The summed E-state index contributed by atoms with van der Waals surface area (Å²) < 4.78 is 11.3. The smallest absolute Gasteiger partial charge is 0.410 e. The van der Waals surface area contributed by atoms with E-state index in [9.17, 15) is 4.79 Å². The molecule has 0 aromatic heterocycles. The first-order chi connectivity index (χ1) is 19.7. The van der Waals surface area contributed by atoms with E-state index in [-0.39, 0.29) is 6.09 Å². The van der Waals surface area contributed by atoms with E-state index in [0.717, 1.165) is 52.2 Å². The van der Waals surface area contributed by atoms with Crippen molar-refractivity contribution in [2.75, 3.05) is 44.3 Å². The molecule has 5 rings (SSSR count). The van der Waals surface area contributed by atoms with Crippen molar-refractivity contribution in [2.45, 2.75) is 53.1 Å². The van der Waals surface area contributed by atoms with Gasteiger partial charge in [-0.2, -0.15) is 0 Å². The maximum absolute atomic E-state index is 12.6. The standard InChI is InChI=1S/C36H44N2O3/c1-26-10-6-8-12-30(26)33-24-29(37-20-22-40-23-21-37)25-34(31-13-9-7-11-27(31)2)32(33)15-14-28-16-18-38(19-17-28)35(39)41-36(3,4)5/h6-15,24-25,28H,16-23H2,1-5H3/b15-14+. The second-order valence-electron chi connectivity index (χ2n) is 12.3. The highest BCUT2D eigenvalue weighted by atomic mass is 16.6. The lowest BCUT2D eigenvalue weighted by atomic mass is 9.86. The molecule has 0 unspecified atom stereocenters. The van der Waals surface area contributed by atoms with Gasteiger partial charge < -0.3 is 19.3 Å². The van der Waals surface area contributed by atoms with Crippen LogP contribution in [0.25, 0.3) is 28.3 Å². The Labute approximate surface area is 245 Å². The molecule has 2 heterocycles. The van der Waals surface area contributed by atoms with Crippen LogP contribution in [-0.4, -0.2) is 56.0 Å². The number of likely N-dealkylation sites (tertiary alicyclic amines) is 1. The second-order valence-corrected chi connectivity index (χ2v) is 12.3. The summed E-state index contributed by atoms with van der Waals surface area (Å²) in [7, 11) is 0. The minimum absolute atomic E-state index is 0.206. The Morgan fingerprint density at radius 2 is 1.37 bits per heavy atom. The summed E-state index contributed by atoms with van der Waals surface area (Å²) in [5.41, 5.74) is 9.59. The number of hydrogen-bond acceptors (Lipinski definition) is 4. The van der Waals surface area contributed by atoms with E-state index in [2.05, 4.69) is 91.6 Å². The second kappa shape index (κ2) is 12.5. The Morgan fingerprint density at radius 3 is 1.88 bits per heavy atom. The topological polar surface area (TPSA) is 42.0 Å². The SMILES string of the molecule is Cc1ccccc1-c1cc(N2CCOCC2)cc(-c2ccccc2C)c1/C=C/C1CCN(C(=O)OC(C)(C)C)CC1. The monoisotopic (exact) mass is 552 g/mol. The Morgan fingerprint density at radius 1 is 0.829 bits per heavy atom. The van der Waals surface area contributed by atoms with Crippen molar-refractivity contribution >= 4 is 17.9 Å². The fraction of sp³-hybridized carbons (Fsp3) is 0.417. The van der Waals surface area contributed by atoms with Crippen LogP contribution in [0.2, 0.25) is 0 Å². The number of piperidine rings is 1. The van der Waals surface area contributed by atoms with Gasteiger partial charge >= 0.3 is 6.09 Å². The van der Waals surface area contributed by atoms with Gasteiger partial charge in [-0.1, -0.05) is 60.7 Å². The molecule has 2 saturated heterocycles. The van der Waals surface area contributed by atoms with Crippen LogP contribution in [0.4, 0.5) is 10.5 Å². The minimum Gasteiger partial charge on any atom is -0.444 e. The number of allylic oxidation sites excluding steroid dienone is 1. The van der Waals surface area contributed by atoms with Gasteiger partial charge in [0.1, 0.15) is 5.60 Å². The number of benzene rings is 3. The van der Waals surface area contributed by atoms with E-state index < -0.39 is 5.60 Å². The number of aryl methyl sites for hydroxylation is 2. The average Bonchev–Trinajstić information content (AvgIpc) is 2.96. The third-order valence-corrected chi connectivity index (χ3v) is 8.14. The number of rotatable bonds is 5. The van der Waals surface area contributed by atoms with Crippen LogP contribution in [0.15, 0.2) is 66.7 Å². The number of carbonyl (C=O) groups is 1. The molecule has 3 aromatic rings. The van der Waals surface area contributed by atoms with Crippen molar-refractivity contribution in [3.63, 3.8) is 0 Å². The van der Waals surface area contributed by atoms with Crippen molar-refractivity contribution < 1.29 is 14.3 Å². The number of carbonyl (C=O) groups excluding carboxylic acids is 1. The molecule has 1 amide bonds. The van der Waals surface area contributed by atoms with Gasteiger partial charge in [-0.05, 0) is 104 Å². The Kier molecular flexibility index (Phi) is 8.84. The third kappa shape index (κ3) is 7.02. The van der Waals surface area contributed by atoms with Crippen LogP contribution in [0.3, 0.4) is 0 Å². The molecule has 0 radical (unpaired) electrons. The Bertz CT molecular complexity index is 1320. The number of anilines is 1. The van der Waals surface area contributed by atoms with Crippen LogP contribution < -0.4 is 4.90 Å². The van der Waals surface area contributed by atoms with Gasteiger partial charge in [0, 0.05) is 31.9 Å². The third-order valence-electron chi connectivity index (χ3n) is 8.14. The fourth-order valence-electron chi connectivity index (χ4n) is 5.85. The predicted octanol–water partition coefficient (Wildman–Crippen LogP) is 8.13. The van der Waals surface area contributed by atoms with Crippen molar-refractivity contribution in [3.8, 4) is 22.3 Å². The quantitative estimate of drug-likeness (QED) is 0.320. The van der Waals surface area contributed by atoms with Gasteiger partial charge in [-0.3, -0.25) is 0 Å². The van der Waals surface area contributed by atoms with Crippen molar-refractivity contribution in [3.05, 3.63) is 83.4 Å². The lowest BCUT2D eigenvalue weighted by molar-refractivity contribution is 0.0197. The Balaban J connectivity index is 1.54. The first-order valence-corrected chi connectivity index (χ1v) is 15.0. The maximum Gasteiger partial charge on any atom is 0.410 e. The molecule has 0 saturated carbocycles. The van der Waals surface area contributed by atoms with Gasteiger partial charge in [0.15, 0.2) is 0 Å². The largest absolute Gasteiger partial charge is 0.444 e. The molecule has 2 fully saturated rings. The van der Waals surface area contributed by atoms with Gasteiger partial charge in [0.2, 0.25) is 0 Å². The minimum atomic E-state index is -0.473. The predicted molar refractivity (Wildman–Crippen MR) is 169 cm³/mol. The van der Waals surface area contributed by atoms with Crippen LogP contribution in [0, 0.1) is 19.8 Å². The lowest BCUT2D eigenvalue weighted by Crippen LogP contribution is -2.41. The highest BCUT2D eigenvalue weighted by Gasteiger charge is 2.26. The summed E-state index contributed by atoms with van der Waals surface area (Å²) in [5.74, 6) is 0.405. The normalized spacial score (nSPS) is 16.8. The summed E-state index contributed by atoms with van der Waals surface area (Å²) in [6, 6.07) is 22.1. The van der Waals surface area contributed by atoms with Gasteiger partial charge in [-0.15, -0.1) is 0 Å². The molecule has 2 aliphatic heterocycles. The number of hydrogen-bond donors (Lipinski definition) is 0. The molecule has 0 N–H and O–H groups in total. The van der Waals surface area contributed by atoms with Gasteiger partial charge in [0.25, 0.3) is 0 Å². The van der Waals surface area contributed by atoms with E-state index in [4.69, 9.17) is 9.47 Å². The van der Waals surface area contributed by atoms with Crippen LogP contribution in [0.1, 0.15) is 50.3 Å². The molecular formula is C36H44N2O3. The summed E-state index contributed by atoms with van der Waals surface area (Å²) in [5, 5.41) is 0. The van der Waals surface area contributed by atoms with E-state index in [1.54, 1.807) is 0 Å². The zero-order valence-electron chi connectivity index (χ0n) is 25.3. The summed E-state index contributed by atoms with van der Waals surface area (Å²) in [6.45, 7) is 14.9. The van der Waals surface area contributed by atoms with Crippen molar-refractivity contribution in [1.29, 1.82) is 0 Å². The fourth-order valence-corrected chi connectivity index (χ4v) is 5.85. The van der Waals surface area contributed by atoms with E-state index >= 15 is 0 Å².